The monoisotopic (exact) mass is 316 g/mol. The van der Waals surface area contributed by atoms with Gasteiger partial charge >= 0.3 is 5.97 Å². The van der Waals surface area contributed by atoms with Crippen LogP contribution in [-0.4, -0.2) is 24.2 Å². The summed E-state index contributed by atoms with van der Waals surface area (Å²) in [5.74, 6) is -1.60. The van der Waals surface area contributed by atoms with Gasteiger partial charge in [-0.2, -0.15) is 0 Å². The summed E-state index contributed by atoms with van der Waals surface area (Å²) in [4.78, 5) is 12.7. The van der Waals surface area contributed by atoms with Crippen molar-refractivity contribution in [2.75, 3.05) is 23.7 Å². The minimum Gasteiger partial charge on any atom is -0.481 e. The van der Waals surface area contributed by atoms with Crippen LogP contribution in [0, 0.1) is 18.7 Å². The van der Waals surface area contributed by atoms with Crippen LogP contribution in [0.25, 0.3) is 0 Å². The molecule has 0 bridgehead atoms. The number of carboxylic acids is 1. The lowest BCUT2D eigenvalue weighted by molar-refractivity contribution is -0.140. The standard InChI is InChI=1S/C12H14BrFN2O2/c1-6-10(13)8(14)4-9(11(6)15)16-3-2-7(5-16)12(17)18/h4,7H,2-3,5,15H2,1H3,(H,17,18). The van der Waals surface area contributed by atoms with E-state index in [4.69, 9.17) is 10.8 Å². The normalized spacial score (nSPS) is 19.3. The van der Waals surface area contributed by atoms with Crippen LogP contribution in [0.3, 0.4) is 0 Å². The number of carboxylic acid groups (broad SMARTS) is 1. The van der Waals surface area contributed by atoms with Gasteiger partial charge in [0.05, 0.1) is 21.8 Å². The largest absolute Gasteiger partial charge is 0.481 e. The van der Waals surface area contributed by atoms with Crippen LogP contribution in [0.4, 0.5) is 15.8 Å². The van der Waals surface area contributed by atoms with Crippen LogP contribution in [0.5, 0.6) is 0 Å². The Morgan fingerprint density at radius 3 is 2.89 bits per heavy atom. The van der Waals surface area contributed by atoms with E-state index in [1.807, 2.05) is 4.90 Å². The Morgan fingerprint density at radius 1 is 1.67 bits per heavy atom. The average molecular weight is 317 g/mol. The van der Waals surface area contributed by atoms with Crippen molar-refractivity contribution in [2.24, 2.45) is 5.92 Å². The smallest absolute Gasteiger partial charge is 0.308 e. The lowest BCUT2D eigenvalue weighted by Crippen LogP contribution is -2.24. The van der Waals surface area contributed by atoms with E-state index in [0.717, 1.165) is 0 Å². The van der Waals surface area contributed by atoms with Gasteiger partial charge in [0.1, 0.15) is 5.82 Å². The molecule has 1 aliphatic rings. The molecule has 1 saturated heterocycles. The molecule has 1 atom stereocenters. The third-order valence-electron chi connectivity index (χ3n) is 3.36. The highest BCUT2D eigenvalue weighted by Gasteiger charge is 2.29. The molecular weight excluding hydrogens is 303 g/mol. The number of nitrogens with zero attached hydrogens (tertiary/aromatic N) is 1. The summed E-state index contributed by atoms with van der Waals surface area (Å²) in [5.41, 5.74) is 7.69. The molecule has 4 nitrogen and oxygen atoms in total. The maximum atomic E-state index is 13.7. The van der Waals surface area contributed by atoms with Crippen LogP contribution in [0.15, 0.2) is 10.5 Å². The van der Waals surface area contributed by atoms with Gasteiger partial charge in [0.15, 0.2) is 0 Å². The van der Waals surface area contributed by atoms with Crippen molar-refractivity contribution in [3.63, 3.8) is 0 Å². The van der Waals surface area contributed by atoms with E-state index in [2.05, 4.69) is 15.9 Å². The molecule has 0 radical (unpaired) electrons. The first-order valence-electron chi connectivity index (χ1n) is 5.63. The van der Waals surface area contributed by atoms with Gasteiger partial charge in [-0.15, -0.1) is 0 Å². The number of benzene rings is 1. The number of aliphatic carboxylic acids is 1. The Hall–Kier alpha value is -1.30. The summed E-state index contributed by atoms with van der Waals surface area (Å²) < 4.78 is 14.0. The molecule has 2 rings (SSSR count). The molecule has 3 N–H and O–H groups in total. The summed E-state index contributed by atoms with van der Waals surface area (Å²) >= 11 is 3.14. The molecule has 1 unspecified atom stereocenters. The summed E-state index contributed by atoms with van der Waals surface area (Å²) in [7, 11) is 0. The number of anilines is 2. The van der Waals surface area contributed by atoms with E-state index in [9.17, 15) is 9.18 Å². The van der Waals surface area contributed by atoms with Gasteiger partial charge in [0.25, 0.3) is 0 Å². The second-order valence-electron chi connectivity index (χ2n) is 4.50. The van der Waals surface area contributed by atoms with E-state index in [-0.39, 0.29) is 5.82 Å². The molecule has 1 aliphatic heterocycles. The zero-order chi connectivity index (χ0) is 13.4. The second-order valence-corrected chi connectivity index (χ2v) is 5.29. The van der Waals surface area contributed by atoms with Crippen LogP contribution in [0.2, 0.25) is 0 Å². The molecule has 1 fully saturated rings. The van der Waals surface area contributed by atoms with Crippen molar-refractivity contribution in [1.29, 1.82) is 0 Å². The number of carbonyl (C=O) groups is 1. The predicted octanol–water partition coefficient (Wildman–Crippen LogP) is 2.39. The minimum atomic E-state index is -0.814. The number of nitrogen functional groups attached to an aromatic ring is 1. The third kappa shape index (κ3) is 2.16. The van der Waals surface area contributed by atoms with Crippen LogP contribution >= 0.6 is 15.9 Å². The van der Waals surface area contributed by atoms with Gasteiger partial charge in [-0.25, -0.2) is 4.39 Å². The molecule has 1 aromatic rings. The molecule has 0 aliphatic carbocycles. The lowest BCUT2D eigenvalue weighted by atomic mass is 10.1. The maximum Gasteiger partial charge on any atom is 0.308 e. The SMILES string of the molecule is Cc1c(N)c(N2CCC(C(=O)O)C2)cc(F)c1Br. The van der Waals surface area contributed by atoms with Gasteiger partial charge in [-0.05, 0) is 34.8 Å². The fourth-order valence-electron chi connectivity index (χ4n) is 2.19. The summed E-state index contributed by atoms with van der Waals surface area (Å²) in [5, 5.41) is 8.96. The fraction of sp³-hybridized carbons (Fsp3) is 0.417. The van der Waals surface area contributed by atoms with Crippen molar-refractivity contribution < 1.29 is 14.3 Å². The molecule has 18 heavy (non-hydrogen) atoms. The Labute approximate surface area is 113 Å². The van der Waals surface area contributed by atoms with Crippen molar-refractivity contribution in [3.8, 4) is 0 Å². The van der Waals surface area contributed by atoms with E-state index in [0.29, 0.717) is 40.9 Å². The minimum absolute atomic E-state index is 0.359. The Balaban J connectivity index is 2.33. The molecule has 0 saturated carbocycles. The molecule has 98 valence electrons. The van der Waals surface area contributed by atoms with Crippen LogP contribution < -0.4 is 10.6 Å². The van der Waals surface area contributed by atoms with E-state index >= 15 is 0 Å². The van der Waals surface area contributed by atoms with E-state index in [1.165, 1.54) is 6.07 Å². The second kappa shape index (κ2) is 4.76. The highest BCUT2D eigenvalue weighted by Crippen LogP contribution is 2.36. The van der Waals surface area contributed by atoms with Gasteiger partial charge in [-0.1, -0.05) is 0 Å². The van der Waals surface area contributed by atoms with Crippen LogP contribution in [-0.2, 0) is 4.79 Å². The topological polar surface area (TPSA) is 66.6 Å². The Bertz CT molecular complexity index is 507. The molecule has 0 aromatic heterocycles. The Morgan fingerprint density at radius 2 is 2.33 bits per heavy atom. The summed E-state index contributed by atoms with van der Waals surface area (Å²) in [6, 6.07) is 1.36. The van der Waals surface area contributed by atoms with Crippen molar-refractivity contribution in [1.82, 2.24) is 0 Å². The molecule has 1 heterocycles. The quantitative estimate of drug-likeness (QED) is 0.822. The summed E-state index contributed by atoms with van der Waals surface area (Å²) in [6.45, 7) is 2.69. The van der Waals surface area contributed by atoms with Gasteiger partial charge in [-0.3, -0.25) is 4.79 Å². The third-order valence-corrected chi connectivity index (χ3v) is 4.33. The first-order valence-corrected chi connectivity index (χ1v) is 6.43. The fourth-order valence-corrected chi connectivity index (χ4v) is 2.52. The highest BCUT2D eigenvalue weighted by molar-refractivity contribution is 9.10. The molecule has 0 amide bonds. The molecule has 1 aromatic carbocycles. The first kappa shape index (κ1) is 13.1. The van der Waals surface area contributed by atoms with Crippen molar-refractivity contribution in [2.45, 2.75) is 13.3 Å². The maximum absolute atomic E-state index is 13.7. The molecular formula is C12H14BrFN2O2. The molecule has 6 heteroatoms. The number of rotatable bonds is 2. The zero-order valence-corrected chi connectivity index (χ0v) is 11.5. The van der Waals surface area contributed by atoms with Crippen molar-refractivity contribution >= 4 is 33.3 Å². The average Bonchev–Trinajstić information content (AvgIpc) is 2.80. The number of hydrogen-bond donors (Lipinski definition) is 2. The predicted molar refractivity (Wildman–Crippen MR) is 71.2 cm³/mol. The van der Waals surface area contributed by atoms with Crippen LogP contribution in [0.1, 0.15) is 12.0 Å². The van der Waals surface area contributed by atoms with Crippen molar-refractivity contribution in [3.05, 3.63) is 21.9 Å². The van der Waals surface area contributed by atoms with Gasteiger partial charge in [0, 0.05) is 19.2 Å². The molecule has 0 spiro atoms. The summed E-state index contributed by atoms with van der Waals surface area (Å²) in [6.07, 6.45) is 0.561. The lowest BCUT2D eigenvalue weighted by Gasteiger charge is -2.22. The highest BCUT2D eigenvalue weighted by atomic mass is 79.9. The zero-order valence-electron chi connectivity index (χ0n) is 9.91. The number of halogens is 2. The van der Waals surface area contributed by atoms with E-state index < -0.39 is 11.9 Å². The number of nitrogens with two attached hydrogens (primary N) is 1. The van der Waals surface area contributed by atoms with E-state index in [1.54, 1.807) is 6.92 Å². The van der Waals surface area contributed by atoms with Gasteiger partial charge < -0.3 is 15.7 Å². The Kier molecular flexibility index (Phi) is 3.47. The van der Waals surface area contributed by atoms with Gasteiger partial charge in [0.2, 0.25) is 0 Å². The number of hydrogen-bond acceptors (Lipinski definition) is 3. The first-order chi connectivity index (χ1) is 8.41.